The van der Waals surface area contributed by atoms with Gasteiger partial charge in [0, 0.05) is 13.1 Å². The molecule has 27 heavy (non-hydrogen) atoms. The van der Waals surface area contributed by atoms with Crippen LogP contribution in [0.3, 0.4) is 0 Å². The molecule has 1 aliphatic heterocycles. The molecule has 0 bridgehead atoms. The van der Waals surface area contributed by atoms with Crippen molar-refractivity contribution in [3.05, 3.63) is 52.9 Å². The molecule has 0 unspecified atom stereocenters. The van der Waals surface area contributed by atoms with Crippen LogP contribution in [0.15, 0.2) is 34.9 Å². The minimum Gasteiger partial charge on any atom is -0.481 e. The summed E-state index contributed by atoms with van der Waals surface area (Å²) in [5.41, 5.74) is 0.316. The number of hydrogen-bond donors (Lipinski definition) is 2. The molecule has 2 atom stereocenters. The number of aliphatic carboxylic acids is 1. The highest BCUT2D eigenvalue weighted by Gasteiger charge is 2.50. The minimum atomic E-state index is -1.45. The number of carboxylic acid groups (broad SMARTS) is 1. The Kier molecular flexibility index (Phi) is 5.32. The average molecular weight is 372 g/mol. The molecule has 2 heterocycles. The second-order valence-corrected chi connectivity index (χ2v) is 7.07. The fraction of sp³-hybridized carbons (Fsp3) is 0.450. The minimum absolute atomic E-state index is 0.0645. The van der Waals surface area contributed by atoms with Crippen LogP contribution in [0.1, 0.15) is 40.7 Å². The Labute approximate surface area is 157 Å². The fourth-order valence-corrected chi connectivity index (χ4v) is 3.76. The van der Waals surface area contributed by atoms with E-state index in [2.05, 4.69) is 5.16 Å². The maximum atomic E-state index is 13.1. The van der Waals surface area contributed by atoms with Crippen LogP contribution in [-0.2, 0) is 17.6 Å². The molecule has 1 aromatic carbocycles. The SMILES string of the molecule is CCc1noc(C)c1C(=O)N1CC[C@@H](O)[C@](Cc2ccccc2)(C(=O)O)C1. The lowest BCUT2D eigenvalue weighted by Gasteiger charge is -2.43. The molecule has 144 valence electrons. The molecule has 1 fully saturated rings. The number of rotatable bonds is 5. The number of carbonyl (C=O) groups is 2. The van der Waals surface area contributed by atoms with Crippen LogP contribution in [0.2, 0.25) is 0 Å². The molecule has 2 aromatic rings. The summed E-state index contributed by atoms with van der Waals surface area (Å²) in [5, 5.41) is 24.5. The van der Waals surface area contributed by atoms with Crippen LogP contribution in [0.25, 0.3) is 0 Å². The molecule has 2 N–H and O–H groups in total. The van der Waals surface area contributed by atoms with Gasteiger partial charge in [-0.15, -0.1) is 0 Å². The third kappa shape index (κ3) is 3.47. The number of amides is 1. The van der Waals surface area contributed by atoms with Crippen LogP contribution in [0, 0.1) is 12.3 Å². The molecule has 0 spiro atoms. The third-order valence-corrected chi connectivity index (χ3v) is 5.34. The predicted octanol–water partition coefficient (Wildman–Crippen LogP) is 2.07. The Morgan fingerprint density at radius 3 is 2.67 bits per heavy atom. The van der Waals surface area contributed by atoms with Gasteiger partial charge in [-0.05, 0) is 31.7 Å². The van der Waals surface area contributed by atoms with Crippen LogP contribution in [0.4, 0.5) is 0 Å². The first-order valence-corrected chi connectivity index (χ1v) is 9.09. The van der Waals surface area contributed by atoms with Gasteiger partial charge in [0.25, 0.3) is 5.91 Å². The summed E-state index contributed by atoms with van der Waals surface area (Å²) in [6.07, 6.45) is -0.134. The molecule has 3 rings (SSSR count). The highest BCUT2D eigenvalue weighted by atomic mass is 16.5. The Balaban J connectivity index is 1.92. The van der Waals surface area contributed by atoms with Crippen molar-refractivity contribution in [2.45, 2.75) is 39.2 Å². The van der Waals surface area contributed by atoms with Gasteiger partial charge in [-0.25, -0.2) is 0 Å². The molecule has 0 saturated carbocycles. The standard InChI is InChI=1S/C20H24N2O5/c1-3-15-17(13(2)27-21-15)18(24)22-10-9-16(23)20(12-22,19(25)26)11-14-7-5-4-6-8-14/h4-8,16,23H,3,9-12H2,1-2H3,(H,25,26)/t16-,20-/m1/s1. The molecule has 1 aromatic heterocycles. The monoisotopic (exact) mass is 372 g/mol. The molecule has 1 aliphatic rings. The topological polar surface area (TPSA) is 104 Å². The summed E-state index contributed by atoms with van der Waals surface area (Å²) in [6, 6.07) is 9.17. The number of benzene rings is 1. The Bertz CT molecular complexity index is 832. The molecule has 1 amide bonds. The lowest BCUT2D eigenvalue weighted by atomic mass is 9.72. The van der Waals surface area contributed by atoms with Gasteiger partial charge < -0.3 is 19.6 Å². The zero-order chi connectivity index (χ0) is 19.6. The summed E-state index contributed by atoms with van der Waals surface area (Å²) in [7, 11) is 0. The van der Waals surface area contributed by atoms with E-state index < -0.39 is 17.5 Å². The maximum Gasteiger partial charge on any atom is 0.314 e. The zero-order valence-corrected chi connectivity index (χ0v) is 15.5. The number of hydrogen-bond acceptors (Lipinski definition) is 5. The van der Waals surface area contributed by atoms with Gasteiger partial charge in [-0.1, -0.05) is 42.4 Å². The first-order chi connectivity index (χ1) is 12.9. The Morgan fingerprint density at radius 1 is 1.33 bits per heavy atom. The highest BCUT2D eigenvalue weighted by Crippen LogP contribution is 2.35. The lowest BCUT2D eigenvalue weighted by molar-refractivity contribution is -0.161. The Morgan fingerprint density at radius 2 is 2.04 bits per heavy atom. The molecule has 0 aliphatic carbocycles. The van der Waals surface area contributed by atoms with Crippen molar-refractivity contribution >= 4 is 11.9 Å². The van der Waals surface area contributed by atoms with Gasteiger partial charge in [0.1, 0.15) is 16.7 Å². The fourth-order valence-electron chi connectivity index (χ4n) is 3.76. The zero-order valence-electron chi connectivity index (χ0n) is 15.5. The van der Waals surface area contributed by atoms with Crippen LogP contribution in [-0.4, -0.2) is 51.3 Å². The van der Waals surface area contributed by atoms with E-state index in [0.29, 0.717) is 23.4 Å². The number of nitrogens with zero attached hydrogens (tertiary/aromatic N) is 2. The number of carboxylic acids is 1. The van der Waals surface area contributed by atoms with E-state index in [4.69, 9.17) is 4.52 Å². The number of aryl methyl sites for hydroxylation is 2. The van der Waals surface area contributed by atoms with Crippen molar-refractivity contribution in [1.82, 2.24) is 10.1 Å². The molecular weight excluding hydrogens is 348 g/mol. The number of aliphatic hydroxyl groups excluding tert-OH is 1. The quantitative estimate of drug-likeness (QED) is 0.833. The van der Waals surface area contributed by atoms with Crippen molar-refractivity contribution in [1.29, 1.82) is 0 Å². The van der Waals surface area contributed by atoms with E-state index in [0.717, 1.165) is 5.56 Å². The number of piperidine rings is 1. The number of likely N-dealkylation sites (tertiary alicyclic amines) is 1. The molecule has 0 radical (unpaired) electrons. The first kappa shape index (κ1) is 19.1. The van der Waals surface area contributed by atoms with E-state index in [1.807, 2.05) is 37.3 Å². The number of aliphatic hydroxyl groups is 1. The van der Waals surface area contributed by atoms with Crippen molar-refractivity contribution in [3.63, 3.8) is 0 Å². The van der Waals surface area contributed by atoms with Gasteiger partial charge in [0.15, 0.2) is 0 Å². The lowest BCUT2D eigenvalue weighted by Crippen LogP contribution is -2.58. The second-order valence-electron chi connectivity index (χ2n) is 7.07. The normalized spacial score (nSPS) is 22.6. The molecule has 7 heteroatoms. The smallest absolute Gasteiger partial charge is 0.314 e. The number of aromatic nitrogens is 1. The van der Waals surface area contributed by atoms with Crippen LogP contribution in [0.5, 0.6) is 0 Å². The van der Waals surface area contributed by atoms with Crippen molar-refractivity contribution in [2.24, 2.45) is 5.41 Å². The second kappa shape index (κ2) is 7.52. The Hall–Kier alpha value is -2.67. The molecule has 1 saturated heterocycles. The summed E-state index contributed by atoms with van der Waals surface area (Å²) in [4.78, 5) is 26.8. The largest absolute Gasteiger partial charge is 0.481 e. The van der Waals surface area contributed by atoms with Crippen molar-refractivity contribution < 1.29 is 24.3 Å². The molecular formula is C20H24N2O5. The van der Waals surface area contributed by atoms with Crippen molar-refractivity contribution in [2.75, 3.05) is 13.1 Å². The van der Waals surface area contributed by atoms with E-state index in [9.17, 15) is 19.8 Å². The maximum absolute atomic E-state index is 13.1. The van der Waals surface area contributed by atoms with Gasteiger partial charge >= 0.3 is 5.97 Å². The summed E-state index contributed by atoms with van der Waals surface area (Å²) in [6.45, 7) is 3.78. The van der Waals surface area contributed by atoms with Crippen molar-refractivity contribution in [3.8, 4) is 0 Å². The third-order valence-electron chi connectivity index (χ3n) is 5.34. The molecule has 7 nitrogen and oxygen atoms in total. The highest BCUT2D eigenvalue weighted by molar-refractivity contribution is 5.96. The summed E-state index contributed by atoms with van der Waals surface area (Å²) < 4.78 is 5.15. The van der Waals surface area contributed by atoms with Gasteiger partial charge in [0.05, 0.1) is 11.8 Å². The van der Waals surface area contributed by atoms with Crippen LogP contribution >= 0.6 is 0 Å². The first-order valence-electron chi connectivity index (χ1n) is 9.09. The van der Waals surface area contributed by atoms with E-state index in [1.165, 1.54) is 4.90 Å². The predicted molar refractivity (Wildman–Crippen MR) is 97.4 cm³/mol. The van der Waals surface area contributed by atoms with Gasteiger partial charge in [-0.3, -0.25) is 9.59 Å². The average Bonchev–Trinajstić information content (AvgIpc) is 3.04. The summed E-state index contributed by atoms with van der Waals surface area (Å²) in [5.74, 6) is -0.975. The summed E-state index contributed by atoms with van der Waals surface area (Å²) >= 11 is 0. The van der Waals surface area contributed by atoms with Crippen LogP contribution < -0.4 is 0 Å². The number of carbonyl (C=O) groups excluding carboxylic acids is 1. The van der Waals surface area contributed by atoms with E-state index >= 15 is 0 Å². The van der Waals surface area contributed by atoms with E-state index in [1.54, 1.807) is 6.92 Å². The van der Waals surface area contributed by atoms with E-state index in [-0.39, 0.29) is 31.8 Å². The van der Waals surface area contributed by atoms with Gasteiger partial charge in [0.2, 0.25) is 0 Å². The van der Waals surface area contributed by atoms with Gasteiger partial charge in [-0.2, -0.15) is 0 Å².